The number of carbonyl (C=O) groups excluding carboxylic acids is 1. The van der Waals surface area contributed by atoms with Gasteiger partial charge in [-0.2, -0.15) is 0 Å². The van der Waals surface area contributed by atoms with Crippen LogP contribution >= 0.6 is 11.8 Å². The van der Waals surface area contributed by atoms with Crippen LogP contribution in [0.4, 0.5) is 11.4 Å². The molecule has 2 aliphatic rings. The molecule has 182 valence electrons. The fraction of sp³-hybridized carbons (Fsp3) is 0.207. The van der Waals surface area contributed by atoms with Crippen LogP contribution in [-0.4, -0.2) is 40.1 Å². The van der Waals surface area contributed by atoms with Gasteiger partial charge in [-0.15, -0.1) is 0 Å². The Labute approximate surface area is 215 Å². The largest absolute Gasteiger partial charge is 0.478 e. The highest BCUT2D eigenvalue weighted by Gasteiger charge is 2.33. The molecule has 2 fully saturated rings. The first-order valence-corrected chi connectivity index (χ1v) is 12.9. The molecule has 2 aliphatic heterocycles. The number of hydrogen-bond donors (Lipinski definition) is 1. The van der Waals surface area contributed by atoms with Crippen molar-refractivity contribution in [1.29, 1.82) is 0 Å². The van der Waals surface area contributed by atoms with Crippen molar-refractivity contribution in [3.05, 3.63) is 100 Å². The molecule has 0 unspecified atom stereocenters. The highest BCUT2D eigenvalue weighted by atomic mass is 32.2. The summed E-state index contributed by atoms with van der Waals surface area (Å²) < 4.78 is 0. The molecule has 1 amide bonds. The molecule has 2 saturated heterocycles. The molecule has 1 N–H and O–H groups in total. The van der Waals surface area contributed by atoms with E-state index in [1.807, 2.05) is 36.4 Å². The molecule has 2 heterocycles. The summed E-state index contributed by atoms with van der Waals surface area (Å²) in [5.41, 5.74) is 4.01. The van der Waals surface area contributed by atoms with E-state index in [0.29, 0.717) is 16.6 Å². The molecule has 0 bridgehead atoms. The lowest BCUT2D eigenvalue weighted by Crippen LogP contribution is -2.29. The van der Waals surface area contributed by atoms with Crippen molar-refractivity contribution >= 4 is 46.3 Å². The molecule has 3 aromatic carbocycles. The van der Waals surface area contributed by atoms with Crippen molar-refractivity contribution < 1.29 is 14.7 Å². The maximum Gasteiger partial charge on any atom is 0.335 e. The Morgan fingerprint density at radius 2 is 1.61 bits per heavy atom. The van der Waals surface area contributed by atoms with Gasteiger partial charge in [-0.1, -0.05) is 42.5 Å². The molecule has 6 nitrogen and oxygen atoms in total. The average molecular weight is 498 g/mol. The summed E-state index contributed by atoms with van der Waals surface area (Å²) in [7, 11) is 0. The number of para-hydroxylation sites is 1. The maximum atomic E-state index is 13.5. The fourth-order valence-electron chi connectivity index (χ4n) is 4.36. The first-order chi connectivity index (χ1) is 17.6. The summed E-state index contributed by atoms with van der Waals surface area (Å²) in [6.07, 6.45) is 5.68. The van der Waals surface area contributed by atoms with Crippen molar-refractivity contribution in [2.75, 3.05) is 18.0 Å². The van der Waals surface area contributed by atoms with E-state index in [2.05, 4.69) is 29.2 Å². The number of carboxylic acids is 1. The van der Waals surface area contributed by atoms with Crippen LogP contribution in [0, 0.1) is 0 Å². The van der Waals surface area contributed by atoms with Gasteiger partial charge < -0.3 is 10.0 Å². The zero-order chi connectivity index (χ0) is 24.9. The number of amidine groups is 1. The van der Waals surface area contributed by atoms with E-state index >= 15 is 0 Å². The number of carboxylic acid groups (broad SMARTS) is 1. The summed E-state index contributed by atoms with van der Waals surface area (Å²) in [5.74, 6) is -1.09. The summed E-state index contributed by atoms with van der Waals surface area (Å²) in [6, 6.07) is 24.5. The summed E-state index contributed by atoms with van der Waals surface area (Å²) >= 11 is 1.36. The van der Waals surface area contributed by atoms with Gasteiger partial charge in [0.05, 0.1) is 22.7 Å². The minimum atomic E-state index is -0.975. The molecule has 0 aliphatic carbocycles. The van der Waals surface area contributed by atoms with Crippen molar-refractivity contribution in [2.45, 2.75) is 25.8 Å². The number of aliphatic imine (C=N–C) groups is 1. The zero-order valence-electron chi connectivity index (χ0n) is 19.8. The highest BCUT2D eigenvalue weighted by Crippen LogP contribution is 2.35. The van der Waals surface area contributed by atoms with Crippen molar-refractivity contribution in [2.24, 2.45) is 4.99 Å². The number of carbonyl (C=O) groups is 2. The second kappa shape index (κ2) is 10.8. The third-order valence-electron chi connectivity index (χ3n) is 6.32. The van der Waals surface area contributed by atoms with Crippen LogP contribution in [0.1, 0.15) is 40.7 Å². The standard InChI is InChI=1S/C29H27N3O3S/c33-27-26(19-21-11-15-25(16-12-21)31-17-5-2-6-18-31)36-29(30-24-7-3-1-4-8-24)32(27)20-22-9-13-23(14-10-22)28(34)35/h1,3-4,7-16,19H,2,5-6,17-18,20H2,(H,34,35)/b26-19-,30-29?. The molecule has 5 rings (SSSR count). The van der Waals surface area contributed by atoms with E-state index < -0.39 is 5.97 Å². The van der Waals surface area contributed by atoms with Gasteiger partial charge in [0.25, 0.3) is 5.91 Å². The van der Waals surface area contributed by atoms with E-state index in [-0.39, 0.29) is 11.5 Å². The zero-order valence-corrected chi connectivity index (χ0v) is 20.7. The van der Waals surface area contributed by atoms with Crippen LogP contribution in [0.2, 0.25) is 0 Å². The number of piperidine rings is 1. The summed E-state index contributed by atoms with van der Waals surface area (Å²) in [4.78, 5) is 34.1. The van der Waals surface area contributed by atoms with Crippen molar-refractivity contribution in [1.82, 2.24) is 4.90 Å². The quantitative estimate of drug-likeness (QED) is 0.412. The smallest absolute Gasteiger partial charge is 0.335 e. The molecule has 7 heteroatoms. The van der Waals surface area contributed by atoms with Gasteiger partial charge in [0, 0.05) is 18.8 Å². The fourth-order valence-corrected chi connectivity index (χ4v) is 5.36. The van der Waals surface area contributed by atoms with E-state index in [1.165, 1.54) is 36.7 Å². The first kappa shape index (κ1) is 23.9. The molecule has 0 atom stereocenters. The van der Waals surface area contributed by atoms with E-state index in [9.17, 15) is 14.7 Å². The van der Waals surface area contributed by atoms with Gasteiger partial charge in [-0.05, 0) is 84.6 Å². The second-order valence-corrected chi connectivity index (χ2v) is 9.88. The van der Waals surface area contributed by atoms with E-state index in [4.69, 9.17) is 4.99 Å². The van der Waals surface area contributed by atoms with Crippen LogP contribution in [0.3, 0.4) is 0 Å². The second-order valence-electron chi connectivity index (χ2n) is 8.87. The molecule has 36 heavy (non-hydrogen) atoms. The number of amides is 1. The van der Waals surface area contributed by atoms with Gasteiger partial charge in [0.15, 0.2) is 5.17 Å². The number of aromatic carboxylic acids is 1. The number of nitrogens with zero attached hydrogens (tertiary/aromatic N) is 3. The highest BCUT2D eigenvalue weighted by molar-refractivity contribution is 8.18. The third kappa shape index (κ3) is 5.52. The van der Waals surface area contributed by atoms with Gasteiger partial charge in [-0.25, -0.2) is 9.79 Å². The first-order valence-electron chi connectivity index (χ1n) is 12.1. The van der Waals surface area contributed by atoms with E-state index in [1.54, 1.807) is 29.2 Å². The lowest BCUT2D eigenvalue weighted by atomic mass is 10.1. The molecular weight excluding hydrogens is 470 g/mol. The number of rotatable bonds is 6. The average Bonchev–Trinajstić information content (AvgIpc) is 3.19. The van der Waals surface area contributed by atoms with Crippen molar-refractivity contribution in [3.63, 3.8) is 0 Å². The summed E-state index contributed by atoms with van der Waals surface area (Å²) in [6.45, 7) is 2.50. The lowest BCUT2D eigenvalue weighted by molar-refractivity contribution is -0.122. The van der Waals surface area contributed by atoms with Crippen LogP contribution in [0.25, 0.3) is 6.08 Å². The number of hydrogen-bond acceptors (Lipinski definition) is 5. The predicted molar refractivity (Wildman–Crippen MR) is 146 cm³/mol. The Morgan fingerprint density at radius 3 is 2.28 bits per heavy atom. The van der Waals surface area contributed by atoms with Gasteiger partial charge in [0.1, 0.15) is 0 Å². The van der Waals surface area contributed by atoms with E-state index in [0.717, 1.165) is 29.9 Å². The maximum absolute atomic E-state index is 13.5. The van der Waals surface area contributed by atoms with Crippen molar-refractivity contribution in [3.8, 4) is 0 Å². The SMILES string of the molecule is O=C(O)c1ccc(CN2C(=O)/C(=C/c3ccc(N4CCCCC4)cc3)SC2=Nc2ccccc2)cc1. The monoisotopic (exact) mass is 497 g/mol. The lowest BCUT2D eigenvalue weighted by Gasteiger charge is -2.28. The molecule has 0 saturated carbocycles. The molecule has 3 aromatic rings. The summed E-state index contributed by atoms with van der Waals surface area (Å²) in [5, 5.41) is 9.78. The van der Waals surface area contributed by atoms with Gasteiger partial charge >= 0.3 is 5.97 Å². The molecule has 0 radical (unpaired) electrons. The Bertz CT molecular complexity index is 1300. The Morgan fingerprint density at radius 1 is 0.917 bits per heavy atom. The number of thioether (sulfide) groups is 1. The Kier molecular flexibility index (Phi) is 7.18. The normalized spacial score (nSPS) is 18.3. The third-order valence-corrected chi connectivity index (χ3v) is 7.33. The molecule has 0 spiro atoms. The van der Waals surface area contributed by atoms with Gasteiger partial charge in [0.2, 0.25) is 0 Å². The van der Waals surface area contributed by atoms with Crippen LogP contribution in [-0.2, 0) is 11.3 Å². The van der Waals surface area contributed by atoms with Crippen LogP contribution in [0.15, 0.2) is 88.8 Å². The van der Waals surface area contributed by atoms with Crippen LogP contribution in [0.5, 0.6) is 0 Å². The predicted octanol–water partition coefficient (Wildman–Crippen LogP) is 6.18. The van der Waals surface area contributed by atoms with Gasteiger partial charge in [-0.3, -0.25) is 9.69 Å². The number of anilines is 1. The Hall–Kier alpha value is -3.84. The number of benzene rings is 3. The topological polar surface area (TPSA) is 73.2 Å². The van der Waals surface area contributed by atoms with Crippen LogP contribution < -0.4 is 4.90 Å². The molecule has 0 aromatic heterocycles. The molecular formula is C29H27N3O3S. The minimum absolute atomic E-state index is 0.114. The minimum Gasteiger partial charge on any atom is -0.478 e. The Balaban J connectivity index is 1.40.